The summed E-state index contributed by atoms with van der Waals surface area (Å²) in [5, 5.41) is 2.73. The molecule has 1 N–H and O–H groups in total. The molecular formula is C13H12N2O3. The lowest BCUT2D eigenvalue weighted by atomic mass is 10.2. The molecule has 0 aliphatic carbocycles. The molecule has 0 bridgehead atoms. The summed E-state index contributed by atoms with van der Waals surface area (Å²) in [6, 6.07) is 9.19. The summed E-state index contributed by atoms with van der Waals surface area (Å²) in [6.45, 7) is 0.395. The van der Waals surface area contributed by atoms with Crippen molar-refractivity contribution in [3.63, 3.8) is 0 Å². The van der Waals surface area contributed by atoms with Crippen LogP contribution in [0.2, 0.25) is 0 Å². The Labute approximate surface area is 104 Å². The molecule has 0 saturated carbocycles. The van der Waals surface area contributed by atoms with Gasteiger partial charge in [-0.05, 0) is 12.1 Å². The van der Waals surface area contributed by atoms with Crippen molar-refractivity contribution in [3.8, 4) is 0 Å². The van der Waals surface area contributed by atoms with Crippen LogP contribution in [0, 0.1) is 0 Å². The number of carbonyl (C=O) groups is 2. The molecule has 1 aromatic rings. The number of para-hydroxylation sites is 1. The van der Waals surface area contributed by atoms with Crippen LogP contribution >= 0.6 is 0 Å². The smallest absolute Gasteiger partial charge is 0.251 e. The van der Waals surface area contributed by atoms with Gasteiger partial charge in [-0.25, -0.2) is 0 Å². The third-order valence-corrected chi connectivity index (χ3v) is 2.96. The van der Waals surface area contributed by atoms with Crippen LogP contribution in [-0.2, 0) is 14.3 Å². The molecule has 0 radical (unpaired) electrons. The quantitative estimate of drug-likeness (QED) is 0.626. The predicted octanol–water partition coefficient (Wildman–Crippen LogP) is 1.10. The van der Waals surface area contributed by atoms with E-state index in [2.05, 4.69) is 5.32 Å². The van der Waals surface area contributed by atoms with Crippen molar-refractivity contribution in [2.75, 3.05) is 11.9 Å². The molecule has 0 spiro atoms. The van der Waals surface area contributed by atoms with Crippen molar-refractivity contribution in [1.82, 2.24) is 4.90 Å². The van der Waals surface area contributed by atoms with Crippen LogP contribution in [0.25, 0.3) is 0 Å². The lowest BCUT2D eigenvalue weighted by molar-refractivity contribution is -0.153. The maximum absolute atomic E-state index is 11.7. The van der Waals surface area contributed by atoms with Crippen LogP contribution < -0.4 is 5.32 Å². The summed E-state index contributed by atoms with van der Waals surface area (Å²) in [6.07, 6.45) is 1.66. The van der Waals surface area contributed by atoms with E-state index in [0.29, 0.717) is 18.7 Å². The van der Waals surface area contributed by atoms with Gasteiger partial charge in [-0.3, -0.25) is 14.5 Å². The number of β-lactam (4-membered cyclic amide) rings is 1. The fourth-order valence-electron chi connectivity index (χ4n) is 2.03. The lowest BCUT2D eigenvalue weighted by Crippen LogP contribution is -2.48. The number of rotatable bonds is 2. The Morgan fingerprint density at radius 3 is 2.83 bits per heavy atom. The van der Waals surface area contributed by atoms with E-state index in [1.807, 2.05) is 30.3 Å². The van der Waals surface area contributed by atoms with E-state index in [4.69, 9.17) is 4.74 Å². The maximum atomic E-state index is 11.7. The van der Waals surface area contributed by atoms with E-state index in [1.54, 1.807) is 4.90 Å². The van der Waals surface area contributed by atoms with Crippen LogP contribution in [0.1, 0.15) is 6.42 Å². The van der Waals surface area contributed by atoms with Gasteiger partial charge in [0, 0.05) is 11.8 Å². The van der Waals surface area contributed by atoms with E-state index < -0.39 is 0 Å². The number of hydrogen-bond donors (Lipinski definition) is 1. The van der Waals surface area contributed by atoms with E-state index in [1.165, 1.54) is 6.08 Å². The second-order valence-electron chi connectivity index (χ2n) is 4.26. The van der Waals surface area contributed by atoms with Crippen LogP contribution in [0.4, 0.5) is 5.69 Å². The van der Waals surface area contributed by atoms with Gasteiger partial charge in [-0.1, -0.05) is 18.2 Å². The van der Waals surface area contributed by atoms with E-state index in [-0.39, 0.29) is 18.0 Å². The van der Waals surface area contributed by atoms with Crippen molar-refractivity contribution in [2.24, 2.45) is 0 Å². The molecule has 5 heteroatoms. The largest absolute Gasteiger partial charge is 0.472 e. The molecule has 2 heterocycles. The van der Waals surface area contributed by atoms with Gasteiger partial charge < -0.3 is 10.1 Å². The lowest BCUT2D eigenvalue weighted by Gasteiger charge is -2.30. The molecular weight excluding hydrogens is 232 g/mol. The van der Waals surface area contributed by atoms with Gasteiger partial charge in [-0.2, -0.15) is 0 Å². The number of amides is 2. The Morgan fingerprint density at radius 1 is 1.39 bits per heavy atom. The number of nitrogens with one attached hydrogen (secondary N) is 1. The third-order valence-electron chi connectivity index (χ3n) is 2.96. The molecule has 1 aromatic carbocycles. The Morgan fingerprint density at radius 2 is 2.17 bits per heavy atom. The predicted molar refractivity (Wildman–Crippen MR) is 64.4 cm³/mol. The molecule has 2 saturated heterocycles. The zero-order chi connectivity index (χ0) is 12.5. The zero-order valence-electron chi connectivity index (χ0n) is 9.63. The number of anilines is 1. The first kappa shape index (κ1) is 10.8. The molecule has 5 nitrogen and oxygen atoms in total. The van der Waals surface area contributed by atoms with E-state index >= 15 is 0 Å². The highest BCUT2D eigenvalue weighted by Crippen LogP contribution is 2.30. The third kappa shape index (κ3) is 1.95. The number of fused-ring (bicyclic) bond motifs is 1. The second kappa shape index (κ2) is 4.18. The number of hydrogen-bond acceptors (Lipinski definition) is 3. The summed E-state index contributed by atoms with van der Waals surface area (Å²) in [5.74, 6) is 0.372. The highest BCUT2D eigenvalue weighted by Gasteiger charge is 2.43. The summed E-state index contributed by atoms with van der Waals surface area (Å²) >= 11 is 0. The highest BCUT2D eigenvalue weighted by atomic mass is 16.5. The Bertz CT molecular complexity index is 524. The molecule has 2 amide bonds. The second-order valence-corrected chi connectivity index (χ2v) is 4.26. The monoisotopic (exact) mass is 244 g/mol. The Hall–Kier alpha value is -2.30. The van der Waals surface area contributed by atoms with Crippen LogP contribution in [-0.4, -0.2) is 29.5 Å². The van der Waals surface area contributed by atoms with Crippen molar-refractivity contribution >= 4 is 17.5 Å². The first-order valence-electron chi connectivity index (χ1n) is 5.75. The Kier molecular flexibility index (Phi) is 2.51. The van der Waals surface area contributed by atoms with Crippen LogP contribution in [0.15, 0.2) is 42.2 Å². The topological polar surface area (TPSA) is 58.6 Å². The number of benzene rings is 1. The average Bonchev–Trinajstić information content (AvgIpc) is 2.67. The van der Waals surface area contributed by atoms with E-state index in [0.717, 1.165) is 5.69 Å². The normalized spacial score (nSPS) is 23.3. The first-order valence-corrected chi connectivity index (χ1v) is 5.75. The minimum absolute atomic E-state index is 0.0758. The van der Waals surface area contributed by atoms with Crippen molar-refractivity contribution in [2.45, 2.75) is 12.6 Å². The van der Waals surface area contributed by atoms with Crippen LogP contribution in [0.5, 0.6) is 0 Å². The molecule has 2 aliphatic heterocycles. The molecule has 2 fully saturated rings. The maximum Gasteiger partial charge on any atom is 0.251 e. The standard InChI is InChI=1S/C13H12N2O3/c16-11(14-9-4-2-1-3-5-9)6-10-8-15-12(17)7-13(15)18-10/h1-6,13H,7-8H2,(H,14,16)/b10-6+. The average molecular weight is 244 g/mol. The van der Waals surface area contributed by atoms with Crippen LogP contribution in [0.3, 0.4) is 0 Å². The summed E-state index contributed by atoms with van der Waals surface area (Å²) in [5.41, 5.74) is 0.733. The SMILES string of the molecule is O=C(/C=C1\CN2C(=O)CC2O1)Nc1ccccc1. The zero-order valence-corrected chi connectivity index (χ0v) is 9.63. The Balaban J connectivity index is 1.63. The van der Waals surface area contributed by atoms with Gasteiger partial charge in [0.25, 0.3) is 5.91 Å². The first-order chi connectivity index (χ1) is 8.72. The van der Waals surface area contributed by atoms with Gasteiger partial charge in [0.1, 0.15) is 5.76 Å². The van der Waals surface area contributed by atoms with Crippen molar-refractivity contribution < 1.29 is 14.3 Å². The number of nitrogens with zero attached hydrogens (tertiary/aromatic N) is 1. The fourth-order valence-corrected chi connectivity index (χ4v) is 2.03. The summed E-state index contributed by atoms with van der Waals surface area (Å²) < 4.78 is 5.44. The minimum Gasteiger partial charge on any atom is -0.472 e. The summed E-state index contributed by atoms with van der Waals surface area (Å²) in [4.78, 5) is 24.5. The van der Waals surface area contributed by atoms with Gasteiger partial charge in [0.2, 0.25) is 5.91 Å². The molecule has 0 aromatic heterocycles. The number of ether oxygens (including phenoxy) is 1. The molecule has 3 rings (SSSR count). The fraction of sp³-hybridized carbons (Fsp3) is 0.231. The van der Waals surface area contributed by atoms with E-state index in [9.17, 15) is 9.59 Å². The minimum atomic E-state index is -0.244. The van der Waals surface area contributed by atoms with Crippen molar-refractivity contribution in [3.05, 3.63) is 42.2 Å². The number of carbonyl (C=O) groups excluding carboxylic acids is 2. The molecule has 18 heavy (non-hydrogen) atoms. The molecule has 1 atom stereocenters. The molecule has 1 unspecified atom stereocenters. The molecule has 2 aliphatic rings. The van der Waals surface area contributed by atoms with Gasteiger partial charge in [-0.15, -0.1) is 0 Å². The summed E-state index contributed by atoms with van der Waals surface area (Å²) in [7, 11) is 0. The van der Waals surface area contributed by atoms with Gasteiger partial charge in [0.05, 0.1) is 13.0 Å². The van der Waals surface area contributed by atoms with Crippen molar-refractivity contribution in [1.29, 1.82) is 0 Å². The highest BCUT2D eigenvalue weighted by molar-refractivity contribution is 5.99. The van der Waals surface area contributed by atoms with Gasteiger partial charge >= 0.3 is 0 Å². The van der Waals surface area contributed by atoms with Gasteiger partial charge in [0.15, 0.2) is 6.23 Å². The molecule has 92 valence electrons.